The summed E-state index contributed by atoms with van der Waals surface area (Å²) in [4.78, 5) is 2.32. The Morgan fingerprint density at radius 2 is 1.25 bits per heavy atom. The molecule has 0 N–H and O–H groups in total. The molecule has 0 aliphatic rings. The number of alkyl halides is 2. The first kappa shape index (κ1) is 29.0. The molecule has 0 heterocycles. The van der Waals surface area contributed by atoms with Crippen molar-refractivity contribution in [1.82, 2.24) is 4.90 Å². The molecule has 0 saturated carbocycles. The van der Waals surface area contributed by atoms with E-state index < -0.39 is 0 Å². The van der Waals surface area contributed by atoms with Crippen LogP contribution >= 0.6 is 72.8 Å². The molecule has 0 fully saturated rings. The molecule has 122 valence electrons. The Balaban J connectivity index is -0.000000320. The zero-order chi connectivity index (χ0) is 11.6. The Morgan fingerprint density at radius 1 is 0.750 bits per heavy atom. The number of hydrogen-bond acceptors (Lipinski definition) is 1. The maximum Gasteiger partial charge on any atom is 0.0351 e. The Labute approximate surface area is 157 Å². The number of rotatable bonds is 8. The quantitative estimate of drug-likeness (QED) is 0.544. The van der Waals surface area contributed by atoms with Crippen LogP contribution in [0.25, 0.3) is 0 Å². The lowest BCUT2D eigenvalue weighted by Crippen LogP contribution is -2.29. The molecule has 20 heavy (non-hydrogen) atoms. The summed E-state index contributed by atoms with van der Waals surface area (Å²) in [7, 11) is 0. The van der Waals surface area contributed by atoms with E-state index >= 15 is 0 Å². The maximum absolute atomic E-state index is 5.74. The Morgan fingerprint density at radius 3 is 1.70 bits per heavy atom. The molecule has 0 amide bonds. The van der Waals surface area contributed by atoms with Gasteiger partial charge in [-0.25, -0.2) is 0 Å². The molecule has 0 saturated heterocycles. The van der Waals surface area contributed by atoms with Crippen LogP contribution in [-0.4, -0.2) is 36.3 Å². The van der Waals surface area contributed by atoms with Crippen molar-refractivity contribution in [2.24, 2.45) is 0 Å². The van der Waals surface area contributed by atoms with Crippen molar-refractivity contribution >= 4 is 72.8 Å². The van der Waals surface area contributed by atoms with Gasteiger partial charge in [0.05, 0.1) is 0 Å². The van der Waals surface area contributed by atoms with Crippen LogP contribution in [0, 0.1) is 0 Å². The minimum atomic E-state index is 0. The van der Waals surface area contributed by atoms with Crippen molar-refractivity contribution in [3.8, 4) is 0 Å². The van der Waals surface area contributed by atoms with E-state index in [0.717, 1.165) is 32.5 Å². The molecule has 0 atom stereocenters. The molecule has 0 aromatic heterocycles. The van der Waals surface area contributed by atoms with Crippen molar-refractivity contribution in [3.63, 3.8) is 0 Å². The van der Waals surface area contributed by atoms with Gasteiger partial charge in [0.2, 0.25) is 0 Å². The molecule has 0 aliphatic carbocycles. The van der Waals surface area contributed by atoms with E-state index in [-0.39, 0.29) is 49.6 Å². The second kappa shape index (κ2) is 19.9. The summed E-state index contributed by atoms with van der Waals surface area (Å²) in [6, 6.07) is 10.6. The van der Waals surface area contributed by atoms with E-state index in [2.05, 4.69) is 35.2 Å². The summed E-state index contributed by atoms with van der Waals surface area (Å²) < 4.78 is 0. The fraction of sp³-hybridized carbons (Fsp3) is 0.538. The molecular weight excluding hydrogens is 383 g/mol. The van der Waals surface area contributed by atoms with E-state index in [1.54, 1.807) is 0 Å². The number of aryl methyl sites for hydroxylation is 1. The van der Waals surface area contributed by atoms with Gasteiger partial charge < -0.3 is 4.90 Å². The zero-order valence-electron chi connectivity index (χ0n) is 11.2. The fourth-order valence-electron chi connectivity index (χ4n) is 1.73. The minimum absolute atomic E-state index is 0. The molecule has 0 bridgehead atoms. The molecular formula is C13H23Cl6N. The van der Waals surface area contributed by atoms with Crippen LogP contribution in [0.4, 0.5) is 0 Å². The highest BCUT2D eigenvalue weighted by Crippen LogP contribution is 2.04. The van der Waals surface area contributed by atoms with Gasteiger partial charge in [0.1, 0.15) is 0 Å². The summed E-state index contributed by atoms with van der Waals surface area (Å²) in [5.41, 5.74) is 1.40. The Hall–Kier alpha value is 0.920. The average Bonchev–Trinajstić information content (AvgIpc) is 2.31. The molecule has 1 rings (SSSR count). The number of hydrogen-bond donors (Lipinski definition) is 0. The first-order valence-electron chi connectivity index (χ1n) is 5.75. The average molecular weight is 406 g/mol. The highest BCUT2D eigenvalue weighted by molar-refractivity contribution is 6.18. The normalized spacial score (nSPS) is 8.75. The van der Waals surface area contributed by atoms with Gasteiger partial charge in [-0.3, -0.25) is 0 Å². The Bertz CT molecular complexity index is 267. The van der Waals surface area contributed by atoms with Gasteiger partial charge in [-0.15, -0.1) is 72.8 Å². The van der Waals surface area contributed by atoms with Crippen molar-refractivity contribution < 1.29 is 0 Å². The molecule has 7 heteroatoms. The predicted molar refractivity (Wildman–Crippen MR) is 102 cm³/mol. The SMILES string of the molecule is Cl.Cl.Cl.Cl.ClCCN(CCCl)CCCc1ccccc1. The lowest BCUT2D eigenvalue weighted by molar-refractivity contribution is 0.303. The summed E-state index contributed by atoms with van der Waals surface area (Å²) in [5, 5.41) is 0. The van der Waals surface area contributed by atoms with E-state index in [9.17, 15) is 0 Å². The van der Waals surface area contributed by atoms with Crippen LogP contribution in [0.5, 0.6) is 0 Å². The summed E-state index contributed by atoms with van der Waals surface area (Å²) in [5.74, 6) is 1.37. The summed E-state index contributed by atoms with van der Waals surface area (Å²) >= 11 is 11.5. The second-order valence-electron chi connectivity index (χ2n) is 3.81. The van der Waals surface area contributed by atoms with Crippen molar-refractivity contribution in [1.29, 1.82) is 0 Å². The van der Waals surface area contributed by atoms with E-state index in [1.165, 1.54) is 5.56 Å². The summed E-state index contributed by atoms with van der Waals surface area (Å²) in [6.07, 6.45) is 2.29. The lowest BCUT2D eigenvalue weighted by Gasteiger charge is -2.19. The number of benzene rings is 1. The van der Waals surface area contributed by atoms with E-state index in [0.29, 0.717) is 11.8 Å². The van der Waals surface area contributed by atoms with Crippen molar-refractivity contribution in [2.75, 3.05) is 31.4 Å². The van der Waals surface area contributed by atoms with Gasteiger partial charge >= 0.3 is 0 Å². The smallest absolute Gasteiger partial charge is 0.0351 e. The monoisotopic (exact) mass is 403 g/mol. The molecule has 0 radical (unpaired) electrons. The third kappa shape index (κ3) is 13.9. The molecule has 0 unspecified atom stereocenters. The van der Waals surface area contributed by atoms with Crippen LogP contribution in [0.1, 0.15) is 12.0 Å². The van der Waals surface area contributed by atoms with Crippen LogP contribution in [0.3, 0.4) is 0 Å². The first-order valence-corrected chi connectivity index (χ1v) is 6.82. The zero-order valence-corrected chi connectivity index (χ0v) is 16.0. The highest BCUT2D eigenvalue weighted by atomic mass is 35.5. The molecule has 1 aromatic carbocycles. The molecule has 0 spiro atoms. The molecule has 0 aliphatic heterocycles. The van der Waals surface area contributed by atoms with Gasteiger partial charge in [-0.1, -0.05) is 30.3 Å². The fourth-order valence-corrected chi connectivity index (χ4v) is 2.20. The van der Waals surface area contributed by atoms with E-state index in [4.69, 9.17) is 23.2 Å². The van der Waals surface area contributed by atoms with Crippen LogP contribution < -0.4 is 0 Å². The second-order valence-corrected chi connectivity index (χ2v) is 4.56. The van der Waals surface area contributed by atoms with E-state index in [1.807, 2.05) is 0 Å². The van der Waals surface area contributed by atoms with Gasteiger partial charge in [0, 0.05) is 24.8 Å². The number of halogens is 6. The van der Waals surface area contributed by atoms with Crippen LogP contribution in [0.2, 0.25) is 0 Å². The standard InChI is InChI=1S/C13H19Cl2N.4ClH/c14-8-11-16(12-9-15)10-4-7-13-5-2-1-3-6-13;;;;/h1-3,5-6H,4,7-12H2;4*1H. The van der Waals surface area contributed by atoms with Crippen LogP contribution in [0.15, 0.2) is 30.3 Å². The lowest BCUT2D eigenvalue weighted by atomic mass is 10.1. The third-order valence-electron chi connectivity index (χ3n) is 2.58. The largest absolute Gasteiger partial charge is 0.301 e. The van der Waals surface area contributed by atoms with Crippen molar-refractivity contribution in [3.05, 3.63) is 35.9 Å². The van der Waals surface area contributed by atoms with Gasteiger partial charge in [0.15, 0.2) is 0 Å². The van der Waals surface area contributed by atoms with Gasteiger partial charge in [0.25, 0.3) is 0 Å². The van der Waals surface area contributed by atoms with Gasteiger partial charge in [-0.2, -0.15) is 0 Å². The van der Waals surface area contributed by atoms with Crippen molar-refractivity contribution in [2.45, 2.75) is 12.8 Å². The minimum Gasteiger partial charge on any atom is -0.301 e. The molecule has 1 nitrogen and oxygen atoms in total. The first-order chi connectivity index (χ1) is 7.86. The molecule has 1 aromatic rings. The summed E-state index contributed by atoms with van der Waals surface area (Å²) in [6.45, 7) is 2.94. The Kier molecular flexibility index (Phi) is 28.9. The van der Waals surface area contributed by atoms with Gasteiger partial charge in [-0.05, 0) is 24.9 Å². The number of nitrogens with zero attached hydrogens (tertiary/aromatic N) is 1. The maximum atomic E-state index is 5.74. The van der Waals surface area contributed by atoms with Crippen LogP contribution in [-0.2, 0) is 6.42 Å². The topological polar surface area (TPSA) is 3.24 Å². The predicted octanol–water partition coefficient (Wildman–Crippen LogP) is 5.09. The highest BCUT2D eigenvalue weighted by Gasteiger charge is 2.02. The third-order valence-corrected chi connectivity index (χ3v) is 2.92.